The third-order valence-corrected chi connectivity index (χ3v) is 1.96. The molecular weight excluding hydrogens is 193 g/mol. The van der Waals surface area contributed by atoms with Gasteiger partial charge in [0.2, 0.25) is 0 Å². The number of halogens is 1. The highest BCUT2D eigenvalue weighted by molar-refractivity contribution is 5.56. The maximum absolute atomic E-state index is 13.0. The first kappa shape index (κ1) is 9.58. The summed E-state index contributed by atoms with van der Waals surface area (Å²) in [7, 11) is 0. The number of aryl methyl sites for hydroxylation is 1. The minimum Gasteiger partial charge on any atom is -0.384 e. The first-order valence-electron chi connectivity index (χ1n) is 4.52. The molecule has 1 heterocycles. The Morgan fingerprint density at radius 1 is 1.20 bits per heavy atom. The molecule has 0 aliphatic rings. The maximum Gasteiger partial charge on any atom is 0.161 e. The number of aromatic nitrogens is 2. The zero-order valence-electron chi connectivity index (χ0n) is 8.24. The molecular formula is C11H10FN3. The van der Waals surface area contributed by atoms with E-state index in [-0.39, 0.29) is 5.82 Å². The predicted octanol–water partition coefficient (Wildman–Crippen LogP) is 2.17. The highest BCUT2D eigenvalue weighted by Crippen LogP contribution is 2.17. The highest BCUT2D eigenvalue weighted by Gasteiger charge is 2.03. The van der Waals surface area contributed by atoms with Crippen LogP contribution in [0.4, 0.5) is 10.2 Å². The molecule has 0 aliphatic carbocycles. The first-order valence-corrected chi connectivity index (χ1v) is 4.52. The molecule has 0 bridgehead atoms. The number of hydrogen-bond donors (Lipinski definition) is 1. The quantitative estimate of drug-likeness (QED) is 0.772. The first-order chi connectivity index (χ1) is 7.15. The van der Waals surface area contributed by atoms with Gasteiger partial charge in [-0.05, 0) is 19.1 Å². The molecule has 2 rings (SSSR count). The Balaban J connectivity index is 2.54. The number of nitrogens with two attached hydrogens (primary N) is 1. The lowest BCUT2D eigenvalue weighted by Gasteiger charge is -2.02. The highest BCUT2D eigenvalue weighted by atomic mass is 19.1. The van der Waals surface area contributed by atoms with Crippen LogP contribution in [-0.2, 0) is 0 Å². The predicted molar refractivity (Wildman–Crippen MR) is 56.6 cm³/mol. The number of nitrogen functional groups attached to an aromatic ring is 1. The van der Waals surface area contributed by atoms with Crippen molar-refractivity contribution in [2.24, 2.45) is 0 Å². The van der Waals surface area contributed by atoms with Gasteiger partial charge in [0.05, 0.1) is 0 Å². The van der Waals surface area contributed by atoms with Gasteiger partial charge >= 0.3 is 0 Å². The summed E-state index contributed by atoms with van der Waals surface area (Å²) in [5.41, 5.74) is 6.99. The van der Waals surface area contributed by atoms with E-state index in [1.165, 1.54) is 12.1 Å². The Kier molecular flexibility index (Phi) is 2.33. The molecule has 0 saturated carbocycles. The van der Waals surface area contributed by atoms with Gasteiger partial charge in [0.1, 0.15) is 11.6 Å². The van der Waals surface area contributed by atoms with E-state index >= 15 is 0 Å². The Morgan fingerprint density at radius 2 is 2.00 bits per heavy atom. The van der Waals surface area contributed by atoms with Gasteiger partial charge in [-0.1, -0.05) is 12.1 Å². The summed E-state index contributed by atoms with van der Waals surface area (Å²) in [5, 5.41) is 0. The summed E-state index contributed by atoms with van der Waals surface area (Å²) in [6.45, 7) is 1.82. The fourth-order valence-electron chi connectivity index (χ4n) is 1.35. The van der Waals surface area contributed by atoms with Gasteiger partial charge in [-0.3, -0.25) is 0 Å². The molecule has 1 aromatic heterocycles. The van der Waals surface area contributed by atoms with Crippen LogP contribution in [0, 0.1) is 12.7 Å². The molecule has 0 fully saturated rings. The normalized spacial score (nSPS) is 10.3. The standard InChI is InChI=1S/C11H10FN3/c1-7-5-10(13)15-11(14-7)8-3-2-4-9(12)6-8/h2-6H,1H3,(H2,13,14,15). The summed E-state index contributed by atoms with van der Waals surface area (Å²) in [4.78, 5) is 8.23. The van der Waals surface area contributed by atoms with E-state index in [4.69, 9.17) is 5.73 Å². The van der Waals surface area contributed by atoms with E-state index in [0.717, 1.165) is 5.69 Å². The summed E-state index contributed by atoms with van der Waals surface area (Å²) < 4.78 is 13.0. The Bertz CT molecular complexity index is 477. The van der Waals surface area contributed by atoms with Gasteiger partial charge in [0, 0.05) is 17.3 Å². The van der Waals surface area contributed by atoms with Crippen molar-refractivity contribution < 1.29 is 4.39 Å². The van der Waals surface area contributed by atoms with Gasteiger partial charge in [-0.25, -0.2) is 14.4 Å². The van der Waals surface area contributed by atoms with Crippen LogP contribution in [0.15, 0.2) is 30.3 Å². The molecule has 0 spiro atoms. The Labute approximate surface area is 86.8 Å². The molecule has 76 valence electrons. The van der Waals surface area contributed by atoms with E-state index in [9.17, 15) is 4.39 Å². The van der Waals surface area contributed by atoms with E-state index in [1.54, 1.807) is 18.2 Å². The average Bonchev–Trinajstić information content (AvgIpc) is 2.16. The largest absolute Gasteiger partial charge is 0.384 e. The van der Waals surface area contributed by atoms with E-state index in [2.05, 4.69) is 9.97 Å². The van der Waals surface area contributed by atoms with Crippen molar-refractivity contribution >= 4 is 5.82 Å². The van der Waals surface area contributed by atoms with Crippen LogP contribution in [0.5, 0.6) is 0 Å². The lowest BCUT2D eigenvalue weighted by atomic mass is 10.2. The van der Waals surface area contributed by atoms with Crippen molar-refractivity contribution in [2.75, 3.05) is 5.73 Å². The van der Waals surface area contributed by atoms with Crippen molar-refractivity contribution in [2.45, 2.75) is 6.92 Å². The molecule has 0 radical (unpaired) electrons. The zero-order valence-corrected chi connectivity index (χ0v) is 8.24. The topological polar surface area (TPSA) is 51.8 Å². The van der Waals surface area contributed by atoms with Gasteiger partial charge in [0.15, 0.2) is 5.82 Å². The third-order valence-electron chi connectivity index (χ3n) is 1.96. The maximum atomic E-state index is 13.0. The molecule has 4 heteroatoms. The van der Waals surface area contributed by atoms with Crippen molar-refractivity contribution in [3.63, 3.8) is 0 Å². The molecule has 2 aromatic rings. The second kappa shape index (κ2) is 3.65. The summed E-state index contributed by atoms with van der Waals surface area (Å²) in [6.07, 6.45) is 0. The SMILES string of the molecule is Cc1cc(N)nc(-c2cccc(F)c2)n1. The summed E-state index contributed by atoms with van der Waals surface area (Å²) in [6, 6.07) is 7.80. The molecule has 15 heavy (non-hydrogen) atoms. The van der Waals surface area contributed by atoms with Crippen molar-refractivity contribution in [3.8, 4) is 11.4 Å². The smallest absolute Gasteiger partial charge is 0.161 e. The van der Waals surface area contributed by atoms with E-state index < -0.39 is 0 Å². The summed E-state index contributed by atoms with van der Waals surface area (Å²) in [5.74, 6) is 0.532. The molecule has 0 aliphatic heterocycles. The van der Waals surface area contributed by atoms with E-state index in [0.29, 0.717) is 17.2 Å². The fourth-order valence-corrected chi connectivity index (χ4v) is 1.35. The van der Waals surface area contributed by atoms with Crippen molar-refractivity contribution in [1.82, 2.24) is 9.97 Å². The zero-order chi connectivity index (χ0) is 10.8. The minimum atomic E-state index is -0.309. The second-order valence-corrected chi connectivity index (χ2v) is 3.27. The van der Waals surface area contributed by atoms with Crippen LogP contribution in [0.2, 0.25) is 0 Å². The third kappa shape index (κ3) is 2.10. The van der Waals surface area contributed by atoms with Gasteiger partial charge < -0.3 is 5.73 Å². The molecule has 0 unspecified atom stereocenters. The number of anilines is 1. The van der Waals surface area contributed by atoms with Crippen LogP contribution in [-0.4, -0.2) is 9.97 Å². The van der Waals surface area contributed by atoms with Crippen LogP contribution < -0.4 is 5.73 Å². The van der Waals surface area contributed by atoms with Gasteiger partial charge in [-0.15, -0.1) is 0 Å². The lowest BCUT2D eigenvalue weighted by molar-refractivity contribution is 0.628. The monoisotopic (exact) mass is 203 g/mol. The van der Waals surface area contributed by atoms with Crippen LogP contribution >= 0.6 is 0 Å². The number of hydrogen-bond acceptors (Lipinski definition) is 3. The molecule has 2 N–H and O–H groups in total. The van der Waals surface area contributed by atoms with Crippen LogP contribution in [0.1, 0.15) is 5.69 Å². The van der Waals surface area contributed by atoms with Crippen LogP contribution in [0.25, 0.3) is 11.4 Å². The Hall–Kier alpha value is -1.97. The lowest BCUT2D eigenvalue weighted by Crippen LogP contribution is -1.97. The summed E-state index contributed by atoms with van der Waals surface area (Å²) >= 11 is 0. The number of rotatable bonds is 1. The molecule has 0 amide bonds. The average molecular weight is 203 g/mol. The molecule has 0 atom stereocenters. The number of nitrogens with zero attached hydrogens (tertiary/aromatic N) is 2. The van der Waals surface area contributed by atoms with Crippen molar-refractivity contribution in [1.29, 1.82) is 0 Å². The molecule has 3 nitrogen and oxygen atoms in total. The molecule has 1 aromatic carbocycles. The van der Waals surface area contributed by atoms with E-state index in [1.807, 2.05) is 6.92 Å². The molecule has 0 saturated heterocycles. The van der Waals surface area contributed by atoms with Gasteiger partial charge in [0.25, 0.3) is 0 Å². The van der Waals surface area contributed by atoms with Gasteiger partial charge in [-0.2, -0.15) is 0 Å². The minimum absolute atomic E-state index is 0.309. The second-order valence-electron chi connectivity index (χ2n) is 3.27. The number of benzene rings is 1. The van der Waals surface area contributed by atoms with Crippen molar-refractivity contribution in [3.05, 3.63) is 41.8 Å². The Morgan fingerprint density at radius 3 is 2.67 bits per heavy atom. The fraction of sp³-hybridized carbons (Fsp3) is 0.0909. The van der Waals surface area contributed by atoms with Crippen LogP contribution in [0.3, 0.4) is 0 Å².